The minimum absolute atomic E-state index is 0.0510. The first-order valence-electron chi connectivity index (χ1n) is 6.95. The molecule has 0 aliphatic rings. The van der Waals surface area contributed by atoms with Crippen molar-refractivity contribution in [1.82, 2.24) is 9.55 Å². The van der Waals surface area contributed by atoms with Crippen LogP contribution in [0.5, 0.6) is 0 Å². The number of rotatable bonds is 3. The maximum Gasteiger partial charge on any atom is 0.270 e. The second kappa shape index (κ2) is 5.84. The van der Waals surface area contributed by atoms with Crippen LogP contribution in [0.1, 0.15) is 5.56 Å². The van der Waals surface area contributed by atoms with Gasteiger partial charge in [0.2, 0.25) is 0 Å². The third kappa shape index (κ3) is 3.01. The molecule has 0 saturated carbocycles. The Balaban J connectivity index is 1.99. The van der Waals surface area contributed by atoms with Crippen LogP contribution in [0.2, 0.25) is 0 Å². The Labute approximate surface area is 131 Å². The third-order valence-electron chi connectivity index (χ3n) is 3.55. The molecule has 0 bridgehead atoms. The van der Waals surface area contributed by atoms with Gasteiger partial charge in [0.05, 0.1) is 4.92 Å². The average Bonchev–Trinajstić information content (AvgIpc) is 2.56. The van der Waals surface area contributed by atoms with Crippen molar-refractivity contribution in [2.75, 3.05) is 0 Å². The minimum Gasteiger partial charge on any atom is -0.308 e. The van der Waals surface area contributed by atoms with Crippen LogP contribution in [-0.4, -0.2) is 14.5 Å². The number of aromatic nitrogens is 2. The summed E-state index contributed by atoms with van der Waals surface area (Å²) in [6, 6.07) is 11.3. The summed E-state index contributed by atoms with van der Waals surface area (Å²) < 4.78 is 1.73. The number of nitro groups is 1. The molecule has 1 aromatic carbocycles. The van der Waals surface area contributed by atoms with E-state index in [0.29, 0.717) is 5.82 Å². The van der Waals surface area contributed by atoms with Gasteiger partial charge in [-0.1, -0.05) is 6.07 Å². The highest BCUT2D eigenvalue weighted by Crippen LogP contribution is 2.27. The molecule has 0 fully saturated rings. The summed E-state index contributed by atoms with van der Waals surface area (Å²) in [6.07, 6.45) is 4.95. The number of benzene rings is 1. The second-order valence-corrected chi connectivity index (χ2v) is 5.10. The lowest BCUT2D eigenvalue weighted by Gasteiger charge is -2.08. The highest BCUT2D eigenvalue weighted by Gasteiger charge is 2.10. The van der Waals surface area contributed by atoms with E-state index in [-0.39, 0.29) is 11.1 Å². The molecule has 0 atom stereocenters. The number of non-ortho nitro benzene ring substituents is 1. The van der Waals surface area contributed by atoms with Crippen molar-refractivity contribution in [3.8, 4) is 16.9 Å². The molecule has 114 valence electrons. The number of hydrogen-bond acceptors (Lipinski definition) is 4. The normalized spacial score (nSPS) is 10.5. The van der Waals surface area contributed by atoms with Crippen LogP contribution in [0.15, 0.2) is 65.8 Å². The molecule has 3 rings (SSSR count). The lowest BCUT2D eigenvalue weighted by atomic mass is 10.0. The van der Waals surface area contributed by atoms with E-state index in [1.54, 1.807) is 41.4 Å². The van der Waals surface area contributed by atoms with Gasteiger partial charge in [0, 0.05) is 48.4 Å². The molecule has 2 aromatic heterocycles. The van der Waals surface area contributed by atoms with Crippen molar-refractivity contribution in [2.24, 2.45) is 0 Å². The summed E-state index contributed by atoms with van der Waals surface area (Å²) in [4.78, 5) is 26.0. The molecule has 0 spiro atoms. The van der Waals surface area contributed by atoms with E-state index in [2.05, 4.69) is 4.98 Å². The zero-order chi connectivity index (χ0) is 16.4. The van der Waals surface area contributed by atoms with Crippen LogP contribution >= 0.6 is 0 Å². The molecular weight excluding hydrogens is 294 g/mol. The molecule has 6 heteroatoms. The fourth-order valence-corrected chi connectivity index (χ4v) is 2.30. The van der Waals surface area contributed by atoms with Crippen molar-refractivity contribution in [3.63, 3.8) is 0 Å². The number of nitrogens with zero attached hydrogens (tertiary/aromatic N) is 3. The largest absolute Gasteiger partial charge is 0.308 e. The van der Waals surface area contributed by atoms with Crippen molar-refractivity contribution >= 4 is 5.69 Å². The van der Waals surface area contributed by atoms with Gasteiger partial charge in [0.1, 0.15) is 5.82 Å². The Morgan fingerprint density at radius 1 is 1.09 bits per heavy atom. The van der Waals surface area contributed by atoms with E-state index in [0.717, 1.165) is 16.7 Å². The Morgan fingerprint density at radius 3 is 2.43 bits per heavy atom. The molecule has 23 heavy (non-hydrogen) atoms. The molecular formula is C17H13N3O3. The fourth-order valence-electron chi connectivity index (χ4n) is 2.30. The highest BCUT2D eigenvalue weighted by atomic mass is 16.6. The van der Waals surface area contributed by atoms with Gasteiger partial charge in [-0.05, 0) is 30.2 Å². The summed E-state index contributed by atoms with van der Waals surface area (Å²) in [7, 11) is 0. The van der Waals surface area contributed by atoms with Crippen molar-refractivity contribution in [2.45, 2.75) is 6.92 Å². The standard InChI is InChI=1S/C17H13N3O3/c1-12-2-4-14(20(22)23)10-16(12)13-3-5-17(18-11-13)19-8-6-15(21)7-9-19/h2-11H,1H3. The molecule has 0 aliphatic heterocycles. The summed E-state index contributed by atoms with van der Waals surface area (Å²) in [6.45, 7) is 1.90. The smallest absolute Gasteiger partial charge is 0.270 e. The number of pyridine rings is 2. The van der Waals surface area contributed by atoms with Crippen LogP contribution in [0.25, 0.3) is 16.9 Å². The maximum atomic E-state index is 11.1. The van der Waals surface area contributed by atoms with Gasteiger partial charge in [0.15, 0.2) is 5.43 Å². The van der Waals surface area contributed by atoms with Crippen molar-refractivity contribution < 1.29 is 4.92 Å². The van der Waals surface area contributed by atoms with Gasteiger partial charge < -0.3 is 4.57 Å². The Bertz CT molecular complexity index is 910. The fraction of sp³-hybridized carbons (Fsp3) is 0.0588. The van der Waals surface area contributed by atoms with Crippen LogP contribution in [-0.2, 0) is 0 Å². The van der Waals surface area contributed by atoms with Crippen LogP contribution in [0.4, 0.5) is 5.69 Å². The summed E-state index contributed by atoms with van der Waals surface area (Å²) in [5, 5.41) is 10.9. The molecule has 0 N–H and O–H groups in total. The average molecular weight is 307 g/mol. The van der Waals surface area contributed by atoms with Crippen molar-refractivity contribution in [1.29, 1.82) is 0 Å². The quantitative estimate of drug-likeness (QED) is 0.550. The molecule has 0 radical (unpaired) electrons. The van der Waals surface area contributed by atoms with E-state index >= 15 is 0 Å². The molecule has 0 unspecified atom stereocenters. The lowest BCUT2D eigenvalue weighted by molar-refractivity contribution is -0.384. The number of aryl methyl sites for hydroxylation is 1. The Kier molecular flexibility index (Phi) is 3.72. The SMILES string of the molecule is Cc1ccc([N+](=O)[O-])cc1-c1ccc(-n2ccc(=O)cc2)nc1. The van der Waals surface area contributed by atoms with E-state index in [1.165, 1.54) is 18.2 Å². The van der Waals surface area contributed by atoms with Gasteiger partial charge in [-0.2, -0.15) is 0 Å². The monoisotopic (exact) mass is 307 g/mol. The van der Waals surface area contributed by atoms with Gasteiger partial charge >= 0.3 is 0 Å². The summed E-state index contributed by atoms with van der Waals surface area (Å²) in [5.41, 5.74) is 2.50. The van der Waals surface area contributed by atoms with Crippen LogP contribution in [0, 0.1) is 17.0 Å². The van der Waals surface area contributed by atoms with Crippen LogP contribution in [0.3, 0.4) is 0 Å². The van der Waals surface area contributed by atoms with Gasteiger partial charge in [-0.3, -0.25) is 14.9 Å². The highest BCUT2D eigenvalue weighted by molar-refractivity contribution is 5.69. The van der Waals surface area contributed by atoms with Crippen molar-refractivity contribution in [3.05, 3.63) is 87.0 Å². The summed E-state index contributed by atoms with van der Waals surface area (Å²) >= 11 is 0. The Hall–Kier alpha value is -3.28. The number of nitro benzene ring substituents is 1. The molecule has 0 amide bonds. The number of hydrogen-bond donors (Lipinski definition) is 0. The minimum atomic E-state index is -0.412. The van der Waals surface area contributed by atoms with E-state index in [1.807, 2.05) is 13.0 Å². The molecule has 0 saturated heterocycles. The Morgan fingerprint density at radius 2 is 1.83 bits per heavy atom. The van der Waals surface area contributed by atoms with Gasteiger partial charge in [0.25, 0.3) is 5.69 Å². The topological polar surface area (TPSA) is 78.0 Å². The van der Waals surface area contributed by atoms with E-state index in [4.69, 9.17) is 0 Å². The van der Waals surface area contributed by atoms with E-state index in [9.17, 15) is 14.9 Å². The molecule has 0 aliphatic carbocycles. The first-order chi connectivity index (χ1) is 11.0. The maximum absolute atomic E-state index is 11.1. The predicted octanol–water partition coefficient (Wildman–Crippen LogP) is 3.12. The summed E-state index contributed by atoms with van der Waals surface area (Å²) in [5.74, 6) is 0.664. The lowest BCUT2D eigenvalue weighted by Crippen LogP contribution is -2.03. The molecule has 6 nitrogen and oxygen atoms in total. The molecule has 2 heterocycles. The van der Waals surface area contributed by atoms with Crippen LogP contribution < -0.4 is 5.43 Å². The first-order valence-corrected chi connectivity index (χ1v) is 6.95. The second-order valence-electron chi connectivity index (χ2n) is 5.10. The predicted molar refractivity (Wildman–Crippen MR) is 86.7 cm³/mol. The molecule has 3 aromatic rings. The first kappa shape index (κ1) is 14.6. The van der Waals surface area contributed by atoms with E-state index < -0.39 is 4.92 Å². The zero-order valence-corrected chi connectivity index (χ0v) is 12.3. The third-order valence-corrected chi connectivity index (χ3v) is 3.55. The zero-order valence-electron chi connectivity index (χ0n) is 12.3. The van der Waals surface area contributed by atoms with Gasteiger partial charge in [-0.15, -0.1) is 0 Å². The van der Waals surface area contributed by atoms with Gasteiger partial charge in [-0.25, -0.2) is 4.98 Å².